The van der Waals surface area contributed by atoms with E-state index in [0.29, 0.717) is 5.92 Å². The fourth-order valence-electron chi connectivity index (χ4n) is 1.99. The number of rotatable bonds is 6. The Morgan fingerprint density at radius 3 is 2.56 bits per heavy atom. The van der Waals surface area contributed by atoms with Crippen LogP contribution in [-0.4, -0.2) is 11.1 Å². The van der Waals surface area contributed by atoms with Gasteiger partial charge in [-0.15, -0.1) is 0 Å². The van der Waals surface area contributed by atoms with Gasteiger partial charge >= 0.3 is 0 Å². The Morgan fingerprint density at radius 2 is 1.83 bits per heavy atom. The first kappa shape index (κ1) is 12.9. The van der Waals surface area contributed by atoms with E-state index >= 15 is 0 Å². The molecule has 1 N–H and O–H groups in total. The zero-order chi connectivity index (χ0) is 12.8. The molecule has 2 nitrogen and oxygen atoms in total. The van der Waals surface area contributed by atoms with Crippen LogP contribution in [0.2, 0.25) is 0 Å². The lowest BCUT2D eigenvalue weighted by Crippen LogP contribution is -2.18. The molecular weight excluding hydrogens is 220 g/mol. The van der Waals surface area contributed by atoms with Gasteiger partial charge in [-0.1, -0.05) is 44.2 Å². The van der Waals surface area contributed by atoms with Gasteiger partial charge in [-0.3, -0.25) is 0 Å². The minimum absolute atomic E-state index is 0.705. The zero-order valence-electron chi connectivity index (χ0n) is 11.3. The lowest BCUT2D eigenvalue weighted by atomic mass is 10.2. The van der Waals surface area contributed by atoms with Crippen molar-refractivity contribution in [1.29, 1.82) is 0 Å². The summed E-state index contributed by atoms with van der Waals surface area (Å²) in [6, 6.07) is 12.7. The highest BCUT2D eigenvalue weighted by Gasteiger charge is 1.99. The normalized spacial score (nSPS) is 11.1. The minimum atomic E-state index is 0.705. The van der Waals surface area contributed by atoms with E-state index in [1.807, 2.05) is 0 Å². The first-order chi connectivity index (χ1) is 8.74. The molecule has 0 atom stereocenters. The average Bonchev–Trinajstić information content (AvgIpc) is 2.78. The Hall–Kier alpha value is -1.54. The van der Waals surface area contributed by atoms with Gasteiger partial charge in [0.15, 0.2) is 0 Å². The topological polar surface area (TPSA) is 17.0 Å². The molecule has 0 aliphatic heterocycles. The standard InChI is InChI=1S/C16H22N2/c1-14(2)10-17-11-16-8-9-18(13-16)12-15-6-4-3-5-7-15/h3-9,13-14,17H,10-12H2,1-2H3. The highest BCUT2D eigenvalue weighted by molar-refractivity contribution is 5.17. The maximum atomic E-state index is 3.46. The van der Waals surface area contributed by atoms with Crippen molar-refractivity contribution in [3.8, 4) is 0 Å². The summed E-state index contributed by atoms with van der Waals surface area (Å²) >= 11 is 0. The van der Waals surface area contributed by atoms with Crippen molar-refractivity contribution in [2.45, 2.75) is 26.9 Å². The van der Waals surface area contributed by atoms with E-state index in [9.17, 15) is 0 Å². The summed E-state index contributed by atoms with van der Waals surface area (Å²) in [5.74, 6) is 0.705. The summed E-state index contributed by atoms with van der Waals surface area (Å²) in [6.45, 7) is 7.44. The van der Waals surface area contributed by atoms with Crippen molar-refractivity contribution < 1.29 is 0 Å². The number of nitrogens with zero attached hydrogens (tertiary/aromatic N) is 1. The molecule has 2 aromatic rings. The van der Waals surface area contributed by atoms with Crippen LogP contribution in [-0.2, 0) is 13.1 Å². The summed E-state index contributed by atoms with van der Waals surface area (Å²) in [5, 5.41) is 3.46. The average molecular weight is 242 g/mol. The van der Waals surface area contributed by atoms with Crippen LogP contribution in [0.4, 0.5) is 0 Å². The fourth-order valence-corrected chi connectivity index (χ4v) is 1.99. The number of hydrogen-bond donors (Lipinski definition) is 1. The quantitative estimate of drug-likeness (QED) is 0.822. The summed E-state index contributed by atoms with van der Waals surface area (Å²) in [6.07, 6.45) is 4.37. The van der Waals surface area contributed by atoms with Gasteiger partial charge in [-0.25, -0.2) is 0 Å². The molecular formula is C16H22N2. The first-order valence-corrected chi connectivity index (χ1v) is 6.63. The van der Waals surface area contributed by atoms with Gasteiger partial charge in [0.2, 0.25) is 0 Å². The van der Waals surface area contributed by atoms with Crippen LogP contribution in [0.25, 0.3) is 0 Å². The van der Waals surface area contributed by atoms with Gasteiger partial charge in [0.1, 0.15) is 0 Å². The van der Waals surface area contributed by atoms with E-state index in [0.717, 1.165) is 19.6 Å². The van der Waals surface area contributed by atoms with Crippen molar-refractivity contribution in [2.75, 3.05) is 6.54 Å². The van der Waals surface area contributed by atoms with Crippen molar-refractivity contribution in [3.63, 3.8) is 0 Å². The highest BCUT2D eigenvalue weighted by Crippen LogP contribution is 2.06. The molecule has 0 saturated heterocycles. The molecule has 2 rings (SSSR count). The fraction of sp³-hybridized carbons (Fsp3) is 0.375. The van der Waals surface area contributed by atoms with Crippen LogP contribution in [0, 0.1) is 5.92 Å². The Bertz CT molecular complexity index is 457. The van der Waals surface area contributed by atoms with Crippen molar-refractivity contribution in [3.05, 3.63) is 59.9 Å². The zero-order valence-corrected chi connectivity index (χ0v) is 11.3. The molecule has 18 heavy (non-hydrogen) atoms. The van der Waals surface area contributed by atoms with E-state index < -0.39 is 0 Å². The molecule has 1 heterocycles. The van der Waals surface area contributed by atoms with E-state index in [1.54, 1.807) is 0 Å². The van der Waals surface area contributed by atoms with Crippen molar-refractivity contribution >= 4 is 0 Å². The van der Waals surface area contributed by atoms with Crippen LogP contribution in [0.3, 0.4) is 0 Å². The van der Waals surface area contributed by atoms with E-state index in [-0.39, 0.29) is 0 Å². The second-order valence-electron chi connectivity index (χ2n) is 5.20. The van der Waals surface area contributed by atoms with E-state index in [1.165, 1.54) is 11.1 Å². The molecule has 96 valence electrons. The van der Waals surface area contributed by atoms with Gasteiger partial charge in [-0.05, 0) is 29.7 Å². The second kappa shape index (κ2) is 6.41. The maximum absolute atomic E-state index is 3.46. The Balaban J connectivity index is 1.86. The molecule has 0 aliphatic rings. The molecule has 1 aromatic carbocycles. The van der Waals surface area contributed by atoms with Crippen molar-refractivity contribution in [2.24, 2.45) is 5.92 Å². The number of aromatic nitrogens is 1. The van der Waals surface area contributed by atoms with Gasteiger partial charge in [0.05, 0.1) is 0 Å². The Labute approximate surface area is 110 Å². The van der Waals surface area contributed by atoms with Crippen LogP contribution in [0.15, 0.2) is 48.8 Å². The minimum Gasteiger partial charge on any atom is -0.350 e. The van der Waals surface area contributed by atoms with Crippen LogP contribution < -0.4 is 5.32 Å². The monoisotopic (exact) mass is 242 g/mol. The molecule has 0 spiro atoms. The summed E-state index contributed by atoms with van der Waals surface area (Å²) in [7, 11) is 0. The number of benzene rings is 1. The summed E-state index contributed by atoms with van der Waals surface area (Å²) < 4.78 is 2.24. The van der Waals surface area contributed by atoms with E-state index in [4.69, 9.17) is 0 Å². The molecule has 0 aliphatic carbocycles. The summed E-state index contributed by atoms with van der Waals surface area (Å²) in [5.41, 5.74) is 2.70. The van der Waals surface area contributed by atoms with E-state index in [2.05, 4.69) is 72.5 Å². The van der Waals surface area contributed by atoms with Gasteiger partial charge in [-0.2, -0.15) is 0 Å². The Kier molecular flexibility index (Phi) is 4.59. The Morgan fingerprint density at radius 1 is 1.06 bits per heavy atom. The molecule has 2 heteroatoms. The molecule has 1 aromatic heterocycles. The van der Waals surface area contributed by atoms with Crippen LogP contribution in [0.5, 0.6) is 0 Å². The maximum Gasteiger partial charge on any atom is 0.0470 e. The number of hydrogen-bond acceptors (Lipinski definition) is 1. The molecule has 0 unspecified atom stereocenters. The second-order valence-corrected chi connectivity index (χ2v) is 5.20. The van der Waals surface area contributed by atoms with Crippen LogP contribution in [0.1, 0.15) is 25.0 Å². The highest BCUT2D eigenvalue weighted by atomic mass is 14.9. The predicted octanol–water partition coefficient (Wildman–Crippen LogP) is 3.28. The lowest BCUT2D eigenvalue weighted by molar-refractivity contribution is 0.552. The van der Waals surface area contributed by atoms with Gasteiger partial charge < -0.3 is 9.88 Å². The molecule has 0 saturated carbocycles. The molecule has 0 fully saturated rings. The largest absolute Gasteiger partial charge is 0.350 e. The lowest BCUT2D eigenvalue weighted by Gasteiger charge is -2.06. The SMILES string of the molecule is CC(C)CNCc1ccn(Cc2ccccc2)c1. The van der Waals surface area contributed by atoms with Crippen LogP contribution >= 0.6 is 0 Å². The number of nitrogens with one attached hydrogen (secondary N) is 1. The molecule has 0 radical (unpaired) electrons. The summed E-state index contributed by atoms with van der Waals surface area (Å²) in [4.78, 5) is 0. The first-order valence-electron chi connectivity index (χ1n) is 6.63. The van der Waals surface area contributed by atoms with Gasteiger partial charge in [0, 0.05) is 25.5 Å². The predicted molar refractivity (Wildman–Crippen MR) is 76.5 cm³/mol. The molecule has 0 bridgehead atoms. The van der Waals surface area contributed by atoms with Crippen molar-refractivity contribution in [1.82, 2.24) is 9.88 Å². The third-order valence-electron chi connectivity index (χ3n) is 2.90. The smallest absolute Gasteiger partial charge is 0.0470 e. The third-order valence-corrected chi connectivity index (χ3v) is 2.90. The van der Waals surface area contributed by atoms with Gasteiger partial charge in [0.25, 0.3) is 0 Å². The molecule has 0 amide bonds. The third kappa shape index (κ3) is 4.04.